The Labute approximate surface area is 203 Å². The van der Waals surface area contributed by atoms with Crippen molar-refractivity contribution in [3.63, 3.8) is 0 Å². The highest BCUT2D eigenvalue weighted by molar-refractivity contribution is 6.27. The van der Waals surface area contributed by atoms with E-state index in [0.29, 0.717) is 42.4 Å². The summed E-state index contributed by atoms with van der Waals surface area (Å²) in [5, 5.41) is 14.8. The second-order valence-electron chi connectivity index (χ2n) is 7.43. The lowest BCUT2D eigenvalue weighted by Gasteiger charge is -2.35. The van der Waals surface area contributed by atoms with Crippen molar-refractivity contribution in [2.24, 2.45) is 0 Å². The van der Waals surface area contributed by atoms with E-state index < -0.39 is 11.9 Å². The fraction of sp³-hybridized carbons (Fsp3) is 0.375. The Bertz CT molecular complexity index is 1020. The van der Waals surface area contributed by atoms with Crippen molar-refractivity contribution in [3.8, 4) is 23.0 Å². The lowest BCUT2D eigenvalue weighted by Crippen LogP contribution is -2.48. The molecule has 1 aliphatic rings. The first kappa shape index (κ1) is 27.3. The van der Waals surface area contributed by atoms with Crippen LogP contribution >= 0.6 is 0 Å². The van der Waals surface area contributed by atoms with Gasteiger partial charge in [-0.3, -0.25) is 9.69 Å². The Morgan fingerprint density at radius 1 is 0.771 bits per heavy atom. The zero-order chi connectivity index (χ0) is 26.0. The number of carbonyl (C=O) groups is 3. The van der Waals surface area contributed by atoms with E-state index in [1.165, 1.54) is 0 Å². The van der Waals surface area contributed by atoms with Crippen LogP contribution in [0.15, 0.2) is 36.4 Å². The molecule has 0 radical (unpaired) electrons. The van der Waals surface area contributed by atoms with Crippen LogP contribution in [0.25, 0.3) is 0 Å². The van der Waals surface area contributed by atoms with Gasteiger partial charge in [-0.15, -0.1) is 0 Å². The number of carboxylic acids is 2. The number of carboxylic acid groups (broad SMARTS) is 2. The van der Waals surface area contributed by atoms with Crippen LogP contribution in [0.4, 0.5) is 0 Å². The number of aliphatic carboxylic acids is 2. The first-order chi connectivity index (χ1) is 16.7. The molecule has 11 nitrogen and oxygen atoms in total. The highest BCUT2D eigenvalue weighted by atomic mass is 16.5. The SMILES string of the molecule is COc1cccc(C(=O)N2CCN(Cc3cc(OC)c(OC)cc3OC)CC2)c1.O=C(O)C(=O)O. The van der Waals surface area contributed by atoms with E-state index in [9.17, 15) is 4.79 Å². The van der Waals surface area contributed by atoms with Gasteiger partial charge in [0.25, 0.3) is 5.91 Å². The molecule has 35 heavy (non-hydrogen) atoms. The molecule has 190 valence electrons. The van der Waals surface area contributed by atoms with E-state index in [-0.39, 0.29) is 5.91 Å². The van der Waals surface area contributed by atoms with Crippen LogP contribution in [0.2, 0.25) is 0 Å². The largest absolute Gasteiger partial charge is 0.497 e. The van der Waals surface area contributed by atoms with Crippen LogP contribution in [0.1, 0.15) is 15.9 Å². The maximum Gasteiger partial charge on any atom is 0.414 e. The predicted molar refractivity (Wildman–Crippen MR) is 126 cm³/mol. The number of carbonyl (C=O) groups excluding carboxylic acids is 1. The Balaban J connectivity index is 0.000000641. The molecule has 0 aromatic heterocycles. The van der Waals surface area contributed by atoms with E-state index >= 15 is 0 Å². The number of rotatable bonds is 7. The third-order valence-corrected chi connectivity index (χ3v) is 5.34. The summed E-state index contributed by atoms with van der Waals surface area (Å²) in [6.07, 6.45) is 0. The fourth-order valence-electron chi connectivity index (χ4n) is 3.50. The fourth-order valence-corrected chi connectivity index (χ4v) is 3.50. The molecule has 11 heteroatoms. The lowest BCUT2D eigenvalue weighted by molar-refractivity contribution is -0.159. The predicted octanol–water partition coefficient (Wildman–Crippen LogP) is 1.83. The summed E-state index contributed by atoms with van der Waals surface area (Å²) >= 11 is 0. The summed E-state index contributed by atoms with van der Waals surface area (Å²) in [4.78, 5) is 35.2. The van der Waals surface area contributed by atoms with Crippen molar-refractivity contribution in [1.82, 2.24) is 9.80 Å². The van der Waals surface area contributed by atoms with Gasteiger partial charge in [-0.05, 0) is 24.3 Å². The molecule has 0 saturated carbocycles. The van der Waals surface area contributed by atoms with Crippen LogP contribution in [-0.2, 0) is 16.1 Å². The van der Waals surface area contributed by atoms with Gasteiger partial charge in [-0.25, -0.2) is 9.59 Å². The van der Waals surface area contributed by atoms with Gasteiger partial charge >= 0.3 is 11.9 Å². The van der Waals surface area contributed by atoms with Crippen LogP contribution < -0.4 is 18.9 Å². The van der Waals surface area contributed by atoms with Crippen LogP contribution in [0.3, 0.4) is 0 Å². The second kappa shape index (κ2) is 13.0. The van der Waals surface area contributed by atoms with Crippen molar-refractivity contribution < 1.29 is 43.5 Å². The summed E-state index contributed by atoms with van der Waals surface area (Å²) in [5.41, 5.74) is 1.68. The zero-order valence-corrected chi connectivity index (χ0v) is 20.1. The average molecular weight is 491 g/mol. The van der Waals surface area contributed by atoms with Gasteiger partial charge in [-0.2, -0.15) is 0 Å². The zero-order valence-electron chi connectivity index (χ0n) is 20.1. The highest BCUT2D eigenvalue weighted by Crippen LogP contribution is 2.35. The van der Waals surface area contributed by atoms with Gasteiger partial charge < -0.3 is 34.1 Å². The molecule has 2 N–H and O–H groups in total. The molecule has 1 amide bonds. The monoisotopic (exact) mass is 490 g/mol. The highest BCUT2D eigenvalue weighted by Gasteiger charge is 2.23. The molecule has 0 spiro atoms. The van der Waals surface area contributed by atoms with Crippen LogP contribution in [0, 0.1) is 0 Å². The number of ether oxygens (including phenoxy) is 4. The number of amides is 1. The standard InChI is InChI=1S/C22H28N2O5.C2H2O4/c1-26-18-7-5-6-16(12-18)22(25)24-10-8-23(9-11-24)15-17-13-20(28-3)21(29-4)14-19(17)27-2;3-1(4)2(5)6/h5-7,12-14H,8-11,15H2,1-4H3;(H,3,4)(H,5,6). The third kappa shape index (κ3) is 7.51. The quantitative estimate of drug-likeness (QED) is 0.554. The average Bonchev–Trinajstić information content (AvgIpc) is 2.88. The molecule has 0 unspecified atom stereocenters. The first-order valence-corrected chi connectivity index (χ1v) is 10.6. The van der Waals surface area contributed by atoms with Crippen molar-refractivity contribution >= 4 is 17.8 Å². The lowest BCUT2D eigenvalue weighted by atomic mass is 10.1. The Kier molecular flexibility index (Phi) is 10.2. The van der Waals surface area contributed by atoms with Gasteiger partial charge in [0.2, 0.25) is 0 Å². The number of hydrogen-bond acceptors (Lipinski definition) is 8. The van der Waals surface area contributed by atoms with Gasteiger partial charge in [-0.1, -0.05) is 6.07 Å². The minimum absolute atomic E-state index is 0.0345. The van der Waals surface area contributed by atoms with Gasteiger partial charge in [0.05, 0.1) is 28.4 Å². The smallest absolute Gasteiger partial charge is 0.414 e. The van der Waals surface area contributed by atoms with Gasteiger partial charge in [0.15, 0.2) is 11.5 Å². The normalized spacial score (nSPS) is 13.2. The molecule has 1 heterocycles. The Morgan fingerprint density at radius 2 is 1.34 bits per heavy atom. The number of nitrogens with zero attached hydrogens (tertiary/aromatic N) is 2. The molecule has 1 aliphatic heterocycles. The van der Waals surface area contributed by atoms with Crippen molar-refractivity contribution in [2.45, 2.75) is 6.54 Å². The molecule has 2 aromatic rings. The van der Waals surface area contributed by atoms with Gasteiger partial charge in [0.1, 0.15) is 11.5 Å². The second-order valence-corrected chi connectivity index (χ2v) is 7.43. The van der Waals surface area contributed by atoms with Crippen LogP contribution in [-0.4, -0.2) is 92.5 Å². The number of piperazine rings is 1. The molecule has 0 bridgehead atoms. The van der Waals surface area contributed by atoms with Crippen molar-refractivity contribution in [2.75, 3.05) is 54.6 Å². The molecule has 1 fully saturated rings. The molecule has 2 aromatic carbocycles. The minimum Gasteiger partial charge on any atom is -0.497 e. The number of methoxy groups -OCH3 is 4. The third-order valence-electron chi connectivity index (χ3n) is 5.34. The molecular weight excluding hydrogens is 460 g/mol. The minimum atomic E-state index is -1.82. The maximum atomic E-state index is 12.8. The van der Waals surface area contributed by atoms with E-state index in [1.54, 1.807) is 34.5 Å². The maximum absolute atomic E-state index is 12.8. The summed E-state index contributed by atoms with van der Waals surface area (Å²) in [7, 11) is 6.48. The Hall–Kier alpha value is -3.99. The first-order valence-electron chi connectivity index (χ1n) is 10.6. The van der Waals surface area contributed by atoms with E-state index in [1.807, 2.05) is 35.2 Å². The summed E-state index contributed by atoms with van der Waals surface area (Å²) < 4.78 is 21.5. The number of benzene rings is 2. The summed E-state index contributed by atoms with van der Waals surface area (Å²) in [6.45, 7) is 3.63. The van der Waals surface area contributed by atoms with Crippen LogP contribution in [0.5, 0.6) is 23.0 Å². The summed E-state index contributed by atoms with van der Waals surface area (Å²) in [5.74, 6) is -0.846. The van der Waals surface area contributed by atoms with Crippen molar-refractivity contribution in [1.29, 1.82) is 0 Å². The molecule has 1 saturated heterocycles. The number of hydrogen-bond donors (Lipinski definition) is 2. The molecule has 0 aliphatic carbocycles. The molecular formula is C24H30N2O9. The van der Waals surface area contributed by atoms with E-state index in [2.05, 4.69) is 4.90 Å². The topological polar surface area (TPSA) is 135 Å². The molecule has 0 atom stereocenters. The van der Waals surface area contributed by atoms with E-state index in [4.69, 9.17) is 38.7 Å². The molecule has 3 rings (SSSR count). The van der Waals surface area contributed by atoms with E-state index in [0.717, 1.165) is 24.4 Å². The Morgan fingerprint density at radius 3 is 1.86 bits per heavy atom. The van der Waals surface area contributed by atoms with Gasteiger partial charge in [0, 0.05) is 49.9 Å². The summed E-state index contributed by atoms with van der Waals surface area (Å²) in [6, 6.07) is 11.1. The van der Waals surface area contributed by atoms with Crippen molar-refractivity contribution in [3.05, 3.63) is 47.5 Å².